The lowest BCUT2D eigenvalue weighted by Crippen LogP contribution is -2.38. The van der Waals surface area contributed by atoms with Crippen molar-refractivity contribution in [2.24, 2.45) is 5.92 Å². The Bertz CT molecular complexity index is 499. The van der Waals surface area contributed by atoms with Gasteiger partial charge in [0.15, 0.2) is 0 Å². The molecule has 0 aliphatic rings. The van der Waals surface area contributed by atoms with Crippen molar-refractivity contribution in [2.75, 3.05) is 7.05 Å². The number of benzene rings is 1. The lowest BCUT2D eigenvalue weighted by molar-refractivity contribution is 0.316. The fourth-order valence-electron chi connectivity index (χ4n) is 1.59. The maximum Gasteiger partial charge on any atom is 0.243 e. The van der Waals surface area contributed by atoms with Crippen LogP contribution in [-0.2, 0) is 15.9 Å². The largest absolute Gasteiger partial charge is 0.243 e. The third kappa shape index (κ3) is 3.25. The minimum Gasteiger partial charge on any atom is -0.207 e. The first kappa shape index (κ1) is 15.5. The maximum atomic E-state index is 12.4. The van der Waals surface area contributed by atoms with E-state index in [0.29, 0.717) is 10.8 Å². The van der Waals surface area contributed by atoms with Gasteiger partial charge < -0.3 is 0 Å². The zero-order valence-corrected chi connectivity index (χ0v) is 12.8. The Labute approximate surface area is 115 Å². The molecule has 0 aromatic heterocycles. The van der Waals surface area contributed by atoms with Crippen LogP contribution in [0, 0.1) is 5.92 Å². The summed E-state index contributed by atoms with van der Waals surface area (Å²) >= 11 is 5.73. The average Bonchev–Trinajstić information content (AvgIpc) is 2.36. The van der Waals surface area contributed by atoms with Gasteiger partial charge in [-0.15, -0.1) is 11.6 Å². The zero-order valence-electron chi connectivity index (χ0n) is 11.2. The highest BCUT2D eigenvalue weighted by Crippen LogP contribution is 2.21. The van der Waals surface area contributed by atoms with E-state index >= 15 is 0 Å². The Morgan fingerprint density at radius 2 is 1.89 bits per heavy atom. The summed E-state index contributed by atoms with van der Waals surface area (Å²) in [6, 6.07) is 6.73. The molecule has 0 amide bonds. The molecule has 0 saturated carbocycles. The van der Waals surface area contributed by atoms with Crippen molar-refractivity contribution < 1.29 is 8.42 Å². The molecule has 1 aromatic carbocycles. The highest BCUT2D eigenvalue weighted by Gasteiger charge is 2.26. The molecule has 3 nitrogen and oxygen atoms in total. The summed E-state index contributed by atoms with van der Waals surface area (Å²) in [6.45, 7) is 5.92. The van der Waals surface area contributed by atoms with E-state index in [9.17, 15) is 8.42 Å². The summed E-state index contributed by atoms with van der Waals surface area (Å²) < 4.78 is 26.3. The highest BCUT2D eigenvalue weighted by atomic mass is 35.5. The first-order chi connectivity index (χ1) is 8.30. The van der Waals surface area contributed by atoms with Crippen LogP contribution in [0.4, 0.5) is 0 Å². The van der Waals surface area contributed by atoms with E-state index in [4.69, 9.17) is 11.6 Å². The van der Waals surface area contributed by atoms with Gasteiger partial charge >= 0.3 is 0 Å². The number of nitrogens with zero attached hydrogens (tertiary/aromatic N) is 1. The van der Waals surface area contributed by atoms with Crippen LogP contribution in [-0.4, -0.2) is 25.8 Å². The molecule has 0 spiro atoms. The molecule has 0 heterocycles. The minimum absolute atomic E-state index is 0.0466. The van der Waals surface area contributed by atoms with E-state index in [1.54, 1.807) is 25.2 Å². The van der Waals surface area contributed by atoms with E-state index in [2.05, 4.69) is 0 Å². The van der Waals surface area contributed by atoms with Gasteiger partial charge in [-0.3, -0.25) is 0 Å². The molecule has 102 valence electrons. The molecule has 5 heteroatoms. The van der Waals surface area contributed by atoms with Gasteiger partial charge in [0.25, 0.3) is 0 Å². The number of halogens is 1. The fraction of sp³-hybridized carbons (Fsp3) is 0.538. The van der Waals surface area contributed by atoms with E-state index < -0.39 is 10.0 Å². The second kappa shape index (κ2) is 6.04. The van der Waals surface area contributed by atoms with Crippen LogP contribution in [0.1, 0.15) is 26.3 Å². The van der Waals surface area contributed by atoms with Gasteiger partial charge in [0.1, 0.15) is 0 Å². The molecule has 0 bridgehead atoms. The van der Waals surface area contributed by atoms with Crippen molar-refractivity contribution in [3.63, 3.8) is 0 Å². The van der Waals surface area contributed by atoms with Crippen molar-refractivity contribution in [1.82, 2.24) is 4.31 Å². The van der Waals surface area contributed by atoms with Gasteiger partial charge in [-0.05, 0) is 30.5 Å². The van der Waals surface area contributed by atoms with Gasteiger partial charge in [-0.1, -0.05) is 26.0 Å². The number of hydrogen-bond donors (Lipinski definition) is 0. The van der Waals surface area contributed by atoms with Gasteiger partial charge in [-0.25, -0.2) is 8.42 Å². The molecule has 1 aromatic rings. The Morgan fingerprint density at radius 1 is 1.28 bits per heavy atom. The maximum absolute atomic E-state index is 12.4. The normalized spacial score (nSPS) is 14.2. The van der Waals surface area contributed by atoms with Crippen LogP contribution < -0.4 is 0 Å². The predicted molar refractivity (Wildman–Crippen MR) is 75.2 cm³/mol. The van der Waals surface area contributed by atoms with Crippen molar-refractivity contribution in [3.8, 4) is 0 Å². The number of hydrogen-bond acceptors (Lipinski definition) is 2. The van der Waals surface area contributed by atoms with Crippen LogP contribution in [0.2, 0.25) is 0 Å². The third-order valence-corrected chi connectivity index (χ3v) is 5.52. The summed E-state index contributed by atoms with van der Waals surface area (Å²) in [5, 5.41) is 0. The quantitative estimate of drug-likeness (QED) is 0.781. The molecule has 1 rings (SSSR count). The molecular weight excluding hydrogens is 270 g/mol. The molecule has 0 saturated heterocycles. The molecule has 1 atom stereocenters. The van der Waals surface area contributed by atoms with Gasteiger partial charge in [0.2, 0.25) is 10.0 Å². The summed E-state index contributed by atoms with van der Waals surface area (Å²) in [5.74, 6) is 0.577. The van der Waals surface area contributed by atoms with Crippen LogP contribution in [0.25, 0.3) is 0 Å². The lowest BCUT2D eigenvalue weighted by Gasteiger charge is -2.27. The van der Waals surface area contributed by atoms with E-state index in [0.717, 1.165) is 5.56 Å². The summed E-state index contributed by atoms with van der Waals surface area (Å²) in [5.41, 5.74) is 0.809. The Morgan fingerprint density at radius 3 is 2.39 bits per heavy atom. The van der Waals surface area contributed by atoms with Crippen molar-refractivity contribution in [1.29, 1.82) is 0 Å². The first-order valence-electron chi connectivity index (χ1n) is 5.93. The fourth-order valence-corrected chi connectivity index (χ4v) is 3.32. The third-order valence-electron chi connectivity index (χ3n) is 3.27. The highest BCUT2D eigenvalue weighted by molar-refractivity contribution is 7.89. The molecule has 18 heavy (non-hydrogen) atoms. The number of alkyl halides is 1. The number of rotatable bonds is 5. The first-order valence-corrected chi connectivity index (χ1v) is 7.91. The second-order valence-electron chi connectivity index (χ2n) is 4.79. The molecule has 1 unspecified atom stereocenters. The standard InChI is InChI=1S/C13H20ClNO2S/c1-10(2)11(3)15(4)18(16,17)13-7-5-6-12(8-13)9-14/h5-8,10-11H,9H2,1-4H3. The summed E-state index contributed by atoms with van der Waals surface area (Å²) in [4.78, 5) is 0.302. The molecular formula is C13H20ClNO2S. The molecule has 0 aliphatic carbocycles. The van der Waals surface area contributed by atoms with Crippen LogP contribution in [0.5, 0.6) is 0 Å². The second-order valence-corrected chi connectivity index (χ2v) is 7.05. The Hall–Kier alpha value is -0.580. The molecule has 0 N–H and O–H groups in total. The monoisotopic (exact) mass is 289 g/mol. The van der Waals surface area contributed by atoms with E-state index in [1.807, 2.05) is 26.8 Å². The Balaban J connectivity index is 3.13. The zero-order chi connectivity index (χ0) is 13.9. The SMILES string of the molecule is CC(C)C(C)N(C)S(=O)(=O)c1cccc(CCl)c1. The van der Waals surface area contributed by atoms with E-state index in [1.165, 1.54) is 4.31 Å². The smallest absolute Gasteiger partial charge is 0.207 e. The van der Waals surface area contributed by atoms with Crippen LogP contribution in [0.15, 0.2) is 29.2 Å². The van der Waals surface area contributed by atoms with Gasteiger partial charge in [0.05, 0.1) is 4.90 Å². The molecule has 0 aliphatic heterocycles. The summed E-state index contributed by atoms with van der Waals surface area (Å²) in [6.07, 6.45) is 0. The van der Waals surface area contributed by atoms with Crippen LogP contribution in [0.3, 0.4) is 0 Å². The number of sulfonamides is 1. The average molecular weight is 290 g/mol. The minimum atomic E-state index is -3.44. The van der Waals surface area contributed by atoms with Gasteiger partial charge in [-0.2, -0.15) is 4.31 Å². The van der Waals surface area contributed by atoms with Crippen molar-refractivity contribution >= 4 is 21.6 Å². The molecule has 0 radical (unpaired) electrons. The summed E-state index contributed by atoms with van der Waals surface area (Å²) in [7, 11) is -1.82. The topological polar surface area (TPSA) is 37.4 Å². The van der Waals surface area contributed by atoms with Crippen molar-refractivity contribution in [2.45, 2.75) is 37.6 Å². The predicted octanol–water partition coefficient (Wildman–Crippen LogP) is 3.09. The van der Waals surface area contributed by atoms with Crippen molar-refractivity contribution in [3.05, 3.63) is 29.8 Å². The van der Waals surface area contributed by atoms with Gasteiger partial charge in [0, 0.05) is 19.0 Å². The Kier molecular flexibility index (Phi) is 5.20. The lowest BCUT2D eigenvalue weighted by atomic mass is 10.1. The van der Waals surface area contributed by atoms with E-state index in [-0.39, 0.29) is 12.0 Å². The molecule has 0 fully saturated rings. The van der Waals surface area contributed by atoms with Crippen LogP contribution >= 0.6 is 11.6 Å².